The van der Waals surface area contributed by atoms with Crippen LogP contribution in [0, 0.1) is 64.7 Å². The molecule has 0 aliphatic heterocycles. The fourth-order valence-corrected chi connectivity index (χ4v) is 1.50. The van der Waals surface area contributed by atoms with E-state index in [0.717, 1.165) is 0 Å². The summed E-state index contributed by atoms with van der Waals surface area (Å²) in [5, 5.41) is 0. The quantitative estimate of drug-likeness (QED) is 0.480. The second-order valence-electron chi connectivity index (χ2n) is 3.62. The molecule has 0 aromatic carbocycles. The molecule has 2 nitrogen and oxygen atoms in total. The van der Waals surface area contributed by atoms with E-state index < -0.39 is 0 Å². The van der Waals surface area contributed by atoms with E-state index in [0.29, 0.717) is 0 Å². The molecular weight excluding hydrogens is 276 g/mol. The van der Waals surface area contributed by atoms with E-state index >= 15 is 0 Å². The van der Waals surface area contributed by atoms with E-state index in [2.05, 4.69) is 26.1 Å². The minimum atomic E-state index is 0. The molecule has 2 saturated carbocycles. The standard InChI is InChI=1S/C8H14.C6H6.2CO.Cr/c1-2-4-6-8-7-5-3-1;1-2-4-6-5-3-1;2*1-2;/h1-2H,3-8H2;1-6H;;;. The first-order valence-corrected chi connectivity index (χ1v) is 6.06. The van der Waals surface area contributed by atoms with Crippen molar-refractivity contribution < 1.29 is 26.7 Å². The van der Waals surface area contributed by atoms with Crippen molar-refractivity contribution in [3.8, 4) is 0 Å². The summed E-state index contributed by atoms with van der Waals surface area (Å²) >= 11 is 0. The van der Waals surface area contributed by atoms with Crippen LogP contribution in [0.25, 0.3) is 0 Å². The van der Waals surface area contributed by atoms with Gasteiger partial charge in [0.15, 0.2) is 0 Å². The molecule has 0 heterocycles. The molecule has 2 rings (SSSR count). The Hall–Kier alpha value is 0.0125. The summed E-state index contributed by atoms with van der Waals surface area (Å²) < 4.78 is 15.0. The zero-order valence-electron chi connectivity index (χ0n) is 11.1. The third-order valence-electron chi connectivity index (χ3n) is 2.32. The van der Waals surface area contributed by atoms with E-state index in [1.54, 1.807) is 0 Å². The molecule has 2 aliphatic carbocycles. The molecule has 0 N–H and O–H groups in total. The first-order valence-electron chi connectivity index (χ1n) is 6.06. The maximum Gasteiger partial charge on any atom is 0 e. The molecule has 0 saturated heterocycles. The van der Waals surface area contributed by atoms with Gasteiger partial charge in [-0.05, 0) is 64.2 Å². The molecule has 0 bridgehead atoms. The van der Waals surface area contributed by atoms with E-state index in [-0.39, 0.29) is 17.4 Å². The fourth-order valence-electron chi connectivity index (χ4n) is 1.50. The van der Waals surface area contributed by atoms with Gasteiger partial charge in [0.25, 0.3) is 0 Å². The summed E-state index contributed by atoms with van der Waals surface area (Å²) in [6.07, 6.45) is 25.0. The molecule has 0 aromatic rings. The Kier molecular flexibility index (Phi) is 33.6. The van der Waals surface area contributed by atoms with Crippen molar-refractivity contribution >= 4 is 0 Å². The normalized spacial score (nSPS) is 17.9. The van der Waals surface area contributed by atoms with E-state index in [1.807, 2.05) is 38.5 Å². The monoisotopic (exact) mass is 296 g/mol. The molecule has 0 amide bonds. The third-order valence-corrected chi connectivity index (χ3v) is 2.32. The maximum atomic E-state index is 7.50. The Morgan fingerprint density at radius 2 is 0.789 bits per heavy atom. The molecule has 2 aliphatic rings. The molecule has 3 heteroatoms. The molecular formula is C16H20CrO2. The molecule has 8 radical (unpaired) electrons. The summed E-state index contributed by atoms with van der Waals surface area (Å²) in [5.41, 5.74) is 0. The van der Waals surface area contributed by atoms with Crippen LogP contribution in [0.1, 0.15) is 38.5 Å². The molecule has 0 unspecified atom stereocenters. The van der Waals surface area contributed by atoms with Gasteiger partial charge in [0, 0.05) is 17.4 Å². The van der Waals surface area contributed by atoms with Crippen LogP contribution in [0.3, 0.4) is 0 Å². The van der Waals surface area contributed by atoms with Crippen LogP contribution in [0.5, 0.6) is 0 Å². The first kappa shape index (κ1) is 24.1. The smallest absolute Gasteiger partial charge is 0 e. The van der Waals surface area contributed by atoms with Gasteiger partial charge in [-0.1, -0.05) is 25.7 Å². The van der Waals surface area contributed by atoms with Gasteiger partial charge >= 0.3 is 22.6 Å². The summed E-state index contributed by atoms with van der Waals surface area (Å²) in [6, 6.07) is 0. The van der Waals surface area contributed by atoms with Crippen molar-refractivity contribution in [3.05, 3.63) is 64.7 Å². The summed E-state index contributed by atoms with van der Waals surface area (Å²) in [5.74, 6) is 0. The number of rotatable bonds is 0. The molecule has 0 aromatic heterocycles. The molecule has 102 valence electrons. The predicted octanol–water partition coefficient (Wildman–Crippen LogP) is 3.90. The first-order chi connectivity index (χ1) is 9.00. The van der Waals surface area contributed by atoms with Crippen molar-refractivity contribution in [2.75, 3.05) is 0 Å². The Morgan fingerprint density at radius 3 is 1.05 bits per heavy atom. The van der Waals surface area contributed by atoms with Crippen molar-refractivity contribution in [2.45, 2.75) is 38.5 Å². The van der Waals surface area contributed by atoms with E-state index in [4.69, 9.17) is 9.30 Å². The van der Waals surface area contributed by atoms with Gasteiger partial charge in [-0.25, -0.2) is 0 Å². The second kappa shape index (κ2) is 26.6. The van der Waals surface area contributed by atoms with Crippen molar-refractivity contribution in [3.63, 3.8) is 0 Å². The van der Waals surface area contributed by atoms with Gasteiger partial charge in [0.05, 0.1) is 0 Å². The van der Waals surface area contributed by atoms with E-state index in [1.165, 1.54) is 38.5 Å². The zero-order chi connectivity index (χ0) is 13.9. The summed E-state index contributed by atoms with van der Waals surface area (Å²) in [7, 11) is 0. The van der Waals surface area contributed by atoms with Gasteiger partial charge in [0.2, 0.25) is 0 Å². The Balaban J connectivity index is -0.000000209. The van der Waals surface area contributed by atoms with Crippen LogP contribution in [-0.2, 0) is 26.7 Å². The van der Waals surface area contributed by atoms with Crippen LogP contribution in [0.4, 0.5) is 0 Å². The van der Waals surface area contributed by atoms with Gasteiger partial charge < -0.3 is 0 Å². The van der Waals surface area contributed by atoms with Crippen molar-refractivity contribution in [1.29, 1.82) is 0 Å². The van der Waals surface area contributed by atoms with Gasteiger partial charge in [-0.2, -0.15) is 0 Å². The van der Waals surface area contributed by atoms with Crippen LogP contribution in [-0.4, -0.2) is 0 Å². The SMILES string of the molecule is [C-]#[O+].[C-]#[O+].[CH]1[CH]CCCCCC1.[CH]1[CH][CH][CH][CH][CH]1.[Cr]. The topological polar surface area (TPSA) is 39.8 Å². The summed E-state index contributed by atoms with van der Waals surface area (Å²) in [6.45, 7) is 9.00. The molecule has 0 atom stereocenters. The Morgan fingerprint density at radius 1 is 0.526 bits per heavy atom. The van der Waals surface area contributed by atoms with Crippen LogP contribution >= 0.6 is 0 Å². The number of hydrogen-bond acceptors (Lipinski definition) is 0. The summed E-state index contributed by atoms with van der Waals surface area (Å²) in [4.78, 5) is 0. The van der Waals surface area contributed by atoms with Crippen LogP contribution < -0.4 is 0 Å². The third kappa shape index (κ3) is 23.5. The van der Waals surface area contributed by atoms with Crippen molar-refractivity contribution in [2.24, 2.45) is 0 Å². The second-order valence-corrected chi connectivity index (χ2v) is 3.62. The zero-order valence-corrected chi connectivity index (χ0v) is 12.4. The number of hydrogen-bond donors (Lipinski definition) is 0. The van der Waals surface area contributed by atoms with Gasteiger partial charge in [-0.15, -0.1) is 0 Å². The average Bonchev–Trinajstić information content (AvgIpc) is 2.45. The molecule has 2 fully saturated rings. The fraction of sp³-hybridized carbons (Fsp3) is 0.375. The predicted molar refractivity (Wildman–Crippen MR) is 70.0 cm³/mol. The average molecular weight is 296 g/mol. The Labute approximate surface area is 130 Å². The maximum absolute atomic E-state index is 7.50. The minimum absolute atomic E-state index is 0. The van der Waals surface area contributed by atoms with Gasteiger partial charge in [-0.3, -0.25) is 0 Å². The van der Waals surface area contributed by atoms with Crippen LogP contribution in [0.15, 0.2) is 0 Å². The van der Waals surface area contributed by atoms with E-state index in [9.17, 15) is 0 Å². The molecule has 19 heavy (non-hydrogen) atoms. The van der Waals surface area contributed by atoms with Crippen molar-refractivity contribution in [1.82, 2.24) is 0 Å². The van der Waals surface area contributed by atoms with Crippen LogP contribution in [0.2, 0.25) is 0 Å². The largest absolute Gasteiger partial charge is 0.0533 e. The Bertz CT molecular complexity index is 133. The molecule has 0 spiro atoms. The van der Waals surface area contributed by atoms with Gasteiger partial charge in [0.1, 0.15) is 0 Å². The minimum Gasteiger partial charge on any atom is -0.0533 e.